The number of halogens is 3. The van der Waals surface area contributed by atoms with Crippen LogP contribution in [-0.2, 0) is 0 Å². The molecule has 0 spiro atoms. The number of nitrogens with zero attached hydrogens (tertiary/aromatic N) is 2. The van der Waals surface area contributed by atoms with E-state index in [0.29, 0.717) is 34.7 Å². The Morgan fingerprint density at radius 3 is 2.59 bits per heavy atom. The lowest BCUT2D eigenvalue weighted by atomic mass is 9.89. The second kappa shape index (κ2) is 11.9. The van der Waals surface area contributed by atoms with Crippen molar-refractivity contribution in [2.45, 2.75) is 44.9 Å². The number of hydrogen-bond acceptors (Lipinski definition) is 6. The Morgan fingerprint density at radius 2 is 1.95 bits per heavy atom. The van der Waals surface area contributed by atoms with Gasteiger partial charge in [-0.2, -0.15) is 13.2 Å². The average Bonchev–Trinajstić information content (AvgIpc) is 2.82. The summed E-state index contributed by atoms with van der Waals surface area (Å²) in [5.41, 5.74) is 9.69. The van der Waals surface area contributed by atoms with Crippen molar-refractivity contribution in [3.05, 3.63) is 70.9 Å². The lowest BCUT2D eigenvalue weighted by Crippen LogP contribution is -2.46. The number of aliphatic hydroxyl groups is 1. The number of urea groups is 1. The van der Waals surface area contributed by atoms with Gasteiger partial charge < -0.3 is 21.3 Å². The van der Waals surface area contributed by atoms with Gasteiger partial charge in [0.15, 0.2) is 0 Å². The third-order valence-corrected chi connectivity index (χ3v) is 5.86. The second-order valence-electron chi connectivity index (χ2n) is 8.87. The van der Waals surface area contributed by atoms with Crippen LogP contribution in [0.5, 0.6) is 5.75 Å². The zero-order valence-electron chi connectivity index (χ0n) is 20.3. The van der Waals surface area contributed by atoms with E-state index in [-0.39, 0.29) is 30.0 Å². The monoisotopic (exact) mass is 517 g/mol. The summed E-state index contributed by atoms with van der Waals surface area (Å²) in [6.07, 6.45) is -5.25. The third-order valence-electron chi connectivity index (χ3n) is 5.86. The minimum absolute atomic E-state index is 0.0806. The maximum absolute atomic E-state index is 12.9. The Morgan fingerprint density at radius 1 is 1.24 bits per heavy atom. The quantitative estimate of drug-likeness (QED) is 0.284. The molecule has 6 N–H and O–H groups in total. The van der Waals surface area contributed by atoms with E-state index in [2.05, 4.69) is 10.3 Å². The number of aromatic hydroxyl groups is 1. The van der Waals surface area contributed by atoms with Crippen LogP contribution in [0.25, 0.3) is 0 Å². The molecule has 0 aliphatic heterocycles. The van der Waals surface area contributed by atoms with Crippen molar-refractivity contribution in [3.63, 3.8) is 0 Å². The minimum Gasteiger partial charge on any atom is -0.508 e. The number of nitrogens with one attached hydrogen (secondary N) is 2. The van der Waals surface area contributed by atoms with Gasteiger partial charge in [0.05, 0.1) is 24.8 Å². The van der Waals surface area contributed by atoms with E-state index in [1.54, 1.807) is 0 Å². The van der Waals surface area contributed by atoms with Crippen molar-refractivity contribution in [1.29, 1.82) is 5.41 Å². The molecule has 0 aromatic heterocycles. The summed E-state index contributed by atoms with van der Waals surface area (Å²) in [7, 11) is 0. The molecule has 2 amide bonds. The second-order valence-corrected chi connectivity index (χ2v) is 8.87. The number of carbonyl (C=O) groups excluding carboxylic acids is 1. The number of alkyl halides is 3. The number of benzene rings is 2. The Kier molecular flexibility index (Phi) is 8.93. The number of amidine groups is 1. The number of carbonyl (C=O) groups is 1. The summed E-state index contributed by atoms with van der Waals surface area (Å²) >= 11 is 0. The zero-order chi connectivity index (χ0) is 27.2. The molecular formula is C26H30F3N5O3. The van der Waals surface area contributed by atoms with Crippen molar-refractivity contribution in [1.82, 2.24) is 10.2 Å². The molecule has 2 aromatic carbocycles. The Hall–Kier alpha value is -3.86. The van der Waals surface area contributed by atoms with Crippen molar-refractivity contribution in [2.24, 2.45) is 10.7 Å². The van der Waals surface area contributed by atoms with Gasteiger partial charge in [-0.3, -0.25) is 15.3 Å². The van der Waals surface area contributed by atoms with Crippen LogP contribution in [0.3, 0.4) is 0 Å². The molecule has 0 saturated heterocycles. The maximum Gasteiger partial charge on any atom is 0.390 e. The van der Waals surface area contributed by atoms with Crippen LogP contribution in [0.2, 0.25) is 0 Å². The smallest absolute Gasteiger partial charge is 0.390 e. The SMILES string of the molecule is Cc1cccc(N=C2CC(O)CC/C2=C(/N)CNC(=O)N(CCC(F)(F)F)C(=N)c2ccc(O)cc2)c1. The topological polar surface area (TPSA) is 135 Å². The summed E-state index contributed by atoms with van der Waals surface area (Å²) in [6.45, 7) is 0.987. The molecule has 1 atom stereocenters. The maximum atomic E-state index is 12.9. The predicted octanol–water partition coefficient (Wildman–Crippen LogP) is 4.52. The largest absolute Gasteiger partial charge is 0.508 e. The van der Waals surface area contributed by atoms with E-state index in [1.807, 2.05) is 31.2 Å². The van der Waals surface area contributed by atoms with E-state index < -0.39 is 37.1 Å². The molecule has 0 heterocycles. The molecular weight excluding hydrogens is 487 g/mol. The molecule has 1 fully saturated rings. The van der Waals surface area contributed by atoms with Gasteiger partial charge in [0.1, 0.15) is 11.6 Å². The van der Waals surface area contributed by atoms with Gasteiger partial charge in [0, 0.05) is 29.9 Å². The number of aryl methyl sites for hydroxylation is 1. The molecule has 1 aliphatic carbocycles. The lowest BCUT2D eigenvalue weighted by molar-refractivity contribution is -0.135. The van der Waals surface area contributed by atoms with Crippen LogP contribution in [0, 0.1) is 12.3 Å². The number of aliphatic imine (C=N–C) groups is 1. The van der Waals surface area contributed by atoms with Crippen molar-refractivity contribution >= 4 is 23.3 Å². The molecule has 2 aromatic rings. The summed E-state index contributed by atoms with van der Waals surface area (Å²) in [5.74, 6) is -0.529. The Labute approximate surface area is 212 Å². The fraction of sp³-hybridized carbons (Fsp3) is 0.346. The molecule has 0 bridgehead atoms. The molecule has 37 heavy (non-hydrogen) atoms. The van der Waals surface area contributed by atoms with Gasteiger partial charge in [-0.05, 0) is 67.3 Å². The first-order valence-corrected chi connectivity index (χ1v) is 11.7. The van der Waals surface area contributed by atoms with Gasteiger partial charge in [-0.1, -0.05) is 12.1 Å². The van der Waals surface area contributed by atoms with E-state index in [4.69, 9.17) is 11.1 Å². The molecule has 198 valence electrons. The molecule has 1 aliphatic rings. The van der Waals surface area contributed by atoms with E-state index in [0.717, 1.165) is 5.56 Å². The number of rotatable bonds is 6. The fourth-order valence-corrected chi connectivity index (χ4v) is 3.92. The number of amides is 2. The van der Waals surface area contributed by atoms with Crippen LogP contribution < -0.4 is 11.1 Å². The van der Waals surface area contributed by atoms with Crippen LogP contribution in [-0.4, -0.2) is 58.1 Å². The third kappa shape index (κ3) is 8.07. The highest BCUT2D eigenvalue weighted by atomic mass is 19.4. The fourth-order valence-electron chi connectivity index (χ4n) is 3.92. The average molecular weight is 518 g/mol. The Bertz CT molecular complexity index is 1190. The first-order valence-electron chi connectivity index (χ1n) is 11.7. The van der Waals surface area contributed by atoms with E-state index in [9.17, 15) is 28.2 Å². The lowest BCUT2D eigenvalue weighted by Gasteiger charge is -2.26. The highest BCUT2D eigenvalue weighted by Crippen LogP contribution is 2.26. The number of phenols is 1. The van der Waals surface area contributed by atoms with Crippen molar-refractivity contribution < 1.29 is 28.2 Å². The Balaban J connectivity index is 1.80. The molecule has 1 unspecified atom stereocenters. The summed E-state index contributed by atoms with van der Waals surface area (Å²) in [4.78, 5) is 18.2. The number of hydrogen-bond donors (Lipinski definition) is 5. The number of aliphatic hydroxyl groups excluding tert-OH is 1. The number of allylic oxidation sites excluding steroid dienone is 1. The summed E-state index contributed by atoms with van der Waals surface area (Å²) < 4.78 is 38.7. The van der Waals surface area contributed by atoms with E-state index >= 15 is 0 Å². The normalized spacial score (nSPS) is 18.4. The van der Waals surface area contributed by atoms with Gasteiger partial charge in [-0.15, -0.1) is 0 Å². The van der Waals surface area contributed by atoms with Crippen LogP contribution in [0.4, 0.5) is 23.7 Å². The first kappa shape index (κ1) is 27.7. The number of phenolic OH excluding ortho intramolecular Hbond substituents is 1. The van der Waals surface area contributed by atoms with Gasteiger partial charge in [-0.25, -0.2) is 4.79 Å². The summed E-state index contributed by atoms with van der Waals surface area (Å²) in [5, 5.41) is 30.4. The van der Waals surface area contributed by atoms with Gasteiger partial charge in [0.2, 0.25) is 0 Å². The minimum atomic E-state index is -4.53. The molecule has 3 rings (SSSR count). The highest BCUT2D eigenvalue weighted by Gasteiger charge is 2.31. The first-order chi connectivity index (χ1) is 17.4. The van der Waals surface area contributed by atoms with E-state index in [1.165, 1.54) is 24.3 Å². The molecule has 11 heteroatoms. The van der Waals surface area contributed by atoms with Gasteiger partial charge in [0.25, 0.3) is 0 Å². The van der Waals surface area contributed by atoms with Gasteiger partial charge >= 0.3 is 12.2 Å². The van der Waals surface area contributed by atoms with Crippen LogP contribution >= 0.6 is 0 Å². The zero-order valence-corrected chi connectivity index (χ0v) is 20.3. The molecule has 1 saturated carbocycles. The number of nitrogens with two attached hydrogens (primary N) is 1. The van der Waals surface area contributed by atoms with Crippen LogP contribution in [0.15, 0.2) is 64.8 Å². The standard InChI is InChI=1S/C26H30F3N5O3/c1-16-3-2-4-18(13-16)33-23-14-20(36)9-10-21(23)22(30)15-32-25(37)34(12-11-26(27,28)29)24(31)17-5-7-19(35)8-6-17/h2-8,13,20,31,35-36H,9-12,14-15,30H2,1H3,(H,32,37)/b22-21-,31-24?,33-23?. The van der Waals surface area contributed by atoms with Crippen molar-refractivity contribution in [3.8, 4) is 5.75 Å². The molecule has 8 nitrogen and oxygen atoms in total. The van der Waals surface area contributed by atoms with Crippen LogP contribution in [0.1, 0.15) is 36.8 Å². The molecule has 0 radical (unpaired) electrons. The summed E-state index contributed by atoms with van der Waals surface area (Å²) in [6, 6.07) is 11.8. The predicted molar refractivity (Wildman–Crippen MR) is 135 cm³/mol. The van der Waals surface area contributed by atoms with Crippen molar-refractivity contribution in [2.75, 3.05) is 13.1 Å². The highest BCUT2D eigenvalue weighted by molar-refractivity contribution is 6.06.